The average molecular weight is 147 g/mol. The minimum absolute atomic E-state index is 0.925. The maximum Gasteiger partial charge on any atom is 0.0135 e. The minimum atomic E-state index is 0.925. The van der Waals surface area contributed by atoms with Crippen LogP contribution in [0, 0.1) is 0 Å². The van der Waals surface area contributed by atoms with E-state index in [1.54, 1.807) is 0 Å². The summed E-state index contributed by atoms with van der Waals surface area (Å²) in [5.41, 5.74) is 1.25. The predicted molar refractivity (Wildman–Crippen MR) is 49.4 cm³/mol. The van der Waals surface area contributed by atoms with Gasteiger partial charge in [0.1, 0.15) is 0 Å². The third-order valence-electron chi connectivity index (χ3n) is 1.43. The van der Waals surface area contributed by atoms with Crippen molar-refractivity contribution in [3.05, 3.63) is 42.0 Å². The van der Waals surface area contributed by atoms with E-state index < -0.39 is 0 Å². The van der Waals surface area contributed by atoms with E-state index in [0.29, 0.717) is 0 Å². The van der Waals surface area contributed by atoms with Gasteiger partial charge in [0.2, 0.25) is 0 Å². The van der Waals surface area contributed by atoms with Crippen molar-refractivity contribution in [3.63, 3.8) is 0 Å². The molecule has 1 aromatic carbocycles. The first-order chi connectivity index (χ1) is 5.43. The van der Waals surface area contributed by atoms with E-state index in [-0.39, 0.29) is 0 Å². The van der Waals surface area contributed by atoms with Crippen LogP contribution in [0.15, 0.2) is 36.4 Å². The SMILES string of the molecule is CNCC=Cc1ccccc1. The quantitative estimate of drug-likeness (QED) is 0.688. The van der Waals surface area contributed by atoms with Crippen LogP contribution in [0.25, 0.3) is 6.08 Å². The van der Waals surface area contributed by atoms with Crippen LogP contribution in [0.4, 0.5) is 0 Å². The first kappa shape index (κ1) is 8.02. The molecule has 0 aliphatic heterocycles. The predicted octanol–water partition coefficient (Wildman–Crippen LogP) is 1.92. The highest BCUT2D eigenvalue weighted by Crippen LogP contribution is 1.99. The summed E-state index contributed by atoms with van der Waals surface area (Å²) < 4.78 is 0. The summed E-state index contributed by atoms with van der Waals surface area (Å²) in [4.78, 5) is 0. The normalized spacial score (nSPS) is 10.6. The highest BCUT2D eigenvalue weighted by atomic mass is 14.8. The van der Waals surface area contributed by atoms with Gasteiger partial charge in [-0.2, -0.15) is 0 Å². The van der Waals surface area contributed by atoms with Crippen LogP contribution in [0.2, 0.25) is 0 Å². The highest BCUT2D eigenvalue weighted by molar-refractivity contribution is 5.48. The van der Waals surface area contributed by atoms with E-state index in [1.807, 2.05) is 25.2 Å². The molecule has 0 fully saturated rings. The molecular weight excluding hydrogens is 134 g/mol. The Morgan fingerprint density at radius 1 is 1.27 bits per heavy atom. The fourth-order valence-corrected chi connectivity index (χ4v) is 0.877. The minimum Gasteiger partial charge on any atom is -0.316 e. The molecule has 1 rings (SSSR count). The second-order valence-electron chi connectivity index (χ2n) is 2.37. The van der Waals surface area contributed by atoms with Crippen molar-refractivity contribution >= 4 is 6.08 Å². The number of nitrogens with one attached hydrogen (secondary N) is 1. The number of rotatable bonds is 3. The second kappa shape index (κ2) is 4.69. The summed E-state index contributed by atoms with van der Waals surface area (Å²) in [7, 11) is 1.94. The van der Waals surface area contributed by atoms with Crippen molar-refractivity contribution in [1.29, 1.82) is 0 Å². The zero-order chi connectivity index (χ0) is 7.94. The van der Waals surface area contributed by atoms with Crippen LogP contribution in [-0.2, 0) is 0 Å². The molecule has 0 radical (unpaired) electrons. The van der Waals surface area contributed by atoms with Crippen LogP contribution in [0.1, 0.15) is 5.56 Å². The van der Waals surface area contributed by atoms with Gasteiger partial charge in [0.15, 0.2) is 0 Å². The summed E-state index contributed by atoms with van der Waals surface area (Å²) in [6.07, 6.45) is 4.21. The van der Waals surface area contributed by atoms with Crippen molar-refractivity contribution in [1.82, 2.24) is 5.32 Å². The molecule has 0 saturated heterocycles. The average Bonchev–Trinajstić information content (AvgIpc) is 2.07. The molecule has 1 nitrogen and oxygen atoms in total. The lowest BCUT2D eigenvalue weighted by atomic mass is 10.2. The Balaban J connectivity index is 2.50. The molecule has 0 bridgehead atoms. The Bertz CT molecular complexity index is 214. The molecule has 0 saturated carbocycles. The number of hydrogen-bond acceptors (Lipinski definition) is 1. The molecule has 11 heavy (non-hydrogen) atoms. The van der Waals surface area contributed by atoms with Gasteiger partial charge in [-0.1, -0.05) is 42.5 Å². The Morgan fingerprint density at radius 2 is 2.00 bits per heavy atom. The van der Waals surface area contributed by atoms with E-state index in [1.165, 1.54) is 5.56 Å². The van der Waals surface area contributed by atoms with E-state index >= 15 is 0 Å². The van der Waals surface area contributed by atoms with Crippen molar-refractivity contribution in [3.8, 4) is 0 Å². The van der Waals surface area contributed by atoms with Crippen LogP contribution < -0.4 is 5.32 Å². The third kappa shape index (κ3) is 3.01. The summed E-state index contributed by atoms with van der Waals surface area (Å²) in [6, 6.07) is 10.3. The standard InChI is InChI=1S/C10H13N/c1-11-9-5-8-10-6-3-2-4-7-10/h2-8,11H,9H2,1H3. The molecule has 0 aliphatic rings. The maximum atomic E-state index is 3.05. The molecule has 0 aliphatic carbocycles. The van der Waals surface area contributed by atoms with Gasteiger partial charge >= 0.3 is 0 Å². The topological polar surface area (TPSA) is 12.0 Å². The second-order valence-corrected chi connectivity index (χ2v) is 2.37. The summed E-state index contributed by atoms with van der Waals surface area (Å²) in [5.74, 6) is 0. The van der Waals surface area contributed by atoms with Gasteiger partial charge in [-0.15, -0.1) is 0 Å². The number of hydrogen-bond donors (Lipinski definition) is 1. The zero-order valence-electron chi connectivity index (χ0n) is 6.75. The van der Waals surface area contributed by atoms with Crippen molar-refractivity contribution in [2.45, 2.75) is 0 Å². The van der Waals surface area contributed by atoms with Crippen LogP contribution >= 0.6 is 0 Å². The number of benzene rings is 1. The van der Waals surface area contributed by atoms with E-state index in [0.717, 1.165) is 6.54 Å². The Hall–Kier alpha value is -1.08. The molecule has 0 atom stereocenters. The van der Waals surface area contributed by atoms with Crippen molar-refractivity contribution < 1.29 is 0 Å². The zero-order valence-corrected chi connectivity index (χ0v) is 6.75. The molecule has 0 amide bonds. The molecule has 1 N–H and O–H groups in total. The van der Waals surface area contributed by atoms with Crippen molar-refractivity contribution in [2.75, 3.05) is 13.6 Å². The van der Waals surface area contributed by atoms with Gasteiger partial charge in [0.05, 0.1) is 0 Å². The molecule has 0 unspecified atom stereocenters. The van der Waals surface area contributed by atoms with Gasteiger partial charge < -0.3 is 5.32 Å². The van der Waals surface area contributed by atoms with E-state index in [9.17, 15) is 0 Å². The van der Waals surface area contributed by atoms with Crippen LogP contribution in [-0.4, -0.2) is 13.6 Å². The third-order valence-corrected chi connectivity index (χ3v) is 1.43. The van der Waals surface area contributed by atoms with E-state index in [4.69, 9.17) is 0 Å². The Morgan fingerprint density at radius 3 is 2.64 bits per heavy atom. The number of likely N-dealkylation sites (N-methyl/N-ethyl adjacent to an activating group) is 1. The molecule has 0 heterocycles. The molecule has 0 aromatic heterocycles. The smallest absolute Gasteiger partial charge is 0.0135 e. The molecule has 1 heteroatoms. The summed E-state index contributed by atoms with van der Waals surface area (Å²) in [5, 5.41) is 3.05. The summed E-state index contributed by atoms with van der Waals surface area (Å²) in [6.45, 7) is 0.925. The monoisotopic (exact) mass is 147 g/mol. The van der Waals surface area contributed by atoms with Gasteiger partial charge in [-0.3, -0.25) is 0 Å². The van der Waals surface area contributed by atoms with E-state index in [2.05, 4.69) is 29.6 Å². The fraction of sp³-hybridized carbons (Fsp3) is 0.200. The molecule has 1 aromatic rings. The lowest BCUT2D eigenvalue weighted by molar-refractivity contribution is 0.922. The van der Waals surface area contributed by atoms with Crippen LogP contribution in [0.3, 0.4) is 0 Å². The van der Waals surface area contributed by atoms with Crippen molar-refractivity contribution in [2.24, 2.45) is 0 Å². The lowest BCUT2D eigenvalue weighted by Crippen LogP contribution is -2.03. The van der Waals surface area contributed by atoms with Gasteiger partial charge in [-0.05, 0) is 12.6 Å². The largest absolute Gasteiger partial charge is 0.316 e. The molecular formula is C10H13N. The fourth-order valence-electron chi connectivity index (χ4n) is 0.877. The maximum absolute atomic E-state index is 3.05. The molecule has 0 spiro atoms. The van der Waals surface area contributed by atoms with Gasteiger partial charge in [-0.25, -0.2) is 0 Å². The van der Waals surface area contributed by atoms with Gasteiger partial charge in [0.25, 0.3) is 0 Å². The molecule has 58 valence electrons. The lowest BCUT2D eigenvalue weighted by Gasteiger charge is -1.90. The first-order valence-electron chi connectivity index (χ1n) is 3.79. The Kier molecular flexibility index (Phi) is 3.42. The highest BCUT2D eigenvalue weighted by Gasteiger charge is 1.79. The Labute approximate surface area is 67.8 Å². The summed E-state index contributed by atoms with van der Waals surface area (Å²) >= 11 is 0. The first-order valence-corrected chi connectivity index (χ1v) is 3.79. The van der Waals surface area contributed by atoms with Crippen LogP contribution in [0.5, 0.6) is 0 Å². The van der Waals surface area contributed by atoms with Gasteiger partial charge in [0, 0.05) is 6.54 Å².